The minimum atomic E-state index is -3.56. The summed E-state index contributed by atoms with van der Waals surface area (Å²) in [5.74, 6) is 0.332. The first-order chi connectivity index (χ1) is 11.8. The maximum Gasteiger partial charge on any atom is 0.253 e. The van der Waals surface area contributed by atoms with Crippen molar-refractivity contribution in [2.45, 2.75) is 44.6 Å². The van der Waals surface area contributed by atoms with Gasteiger partial charge in [0, 0.05) is 37.8 Å². The molecule has 0 bridgehead atoms. The van der Waals surface area contributed by atoms with E-state index < -0.39 is 10.0 Å². The van der Waals surface area contributed by atoms with Gasteiger partial charge in [-0.15, -0.1) is 12.4 Å². The van der Waals surface area contributed by atoms with E-state index in [2.05, 4.69) is 0 Å². The third-order valence-electron chi connectivity index (χ3n) is 4.99. The summed E-state index contributed by atoms with van der Waals surface area (Å²) in [6.07, 6.45) is 1.78. The topological polar surface area (TPSA) is 83.7 Å². The first kappa shape index (κ1) is 22.9. The minimum Gasteiger partial charge on any atom is -0.339 e. The van der Waals surface area contributed by atoms with Crippen molar-refractivity contribution >= 4 is 28.3 Å². The summed E-state index contributed by atoms with van der Waals surface area (Å²) in [5.41, 5.74) is 6.37. The number of piperidine rings is 1. The van der Waals surface area contributed by atoms with Gasteiger partial charge in [0.2, 0.25) is 10.0 Å². The zero-order chi connectivity index (χ0) is 18.6. The van der Waals surface area contributed by atoms with E-state index in [1.807, 2.05) is 6.92 Å². The molecule has 6 nitrogen and oxygen atoms in total. The summed E-state index contributed by atoms with van der Waals surface area (Å²) in [6, 6.07) is 6.50. The first-order valence-corrected chi connectivity index (χ1v) is 10.4. The number of nitrogens with zero attached hydrogens (tertiary/aromatic N) is 2. The van der Waals surface area contributed by atoms with Crippen LogP contribution in [0.1, 0.15) is 44.0 Å². The number of nitrogens with two attached hydrogens (primary N) is 1. The average molecular weight is 404 g/mol. The maximum atomic E-state index is 12.8. The lowest BCUT2D eigenvalue weighted by atomic mass is 9.90. The van der Waals surface area contributed by atoms with Crippen molar-refractivity contribution in [3.05, 3.63) is 29.8 Å². The maximum absolute atomic E-state index is 12.8. The summed E-state index contributed by atoms with van der Waals surface area (Å²) in [4.78, 5) is 14.7. The summed E-state index contributed by atoms with van der Waals surface area (Å²) < 4.78 is 26.7. The van der Waals surface area contributed by atoms with Gasteiger partial charge in [-0.3, -0.25) is 4.79 Å². The van der Waals surface area contributed by atoms with Gasteiger partial charge in [0.25, 0.3) is 5.91 Å². The zero-order valence-corrected chi connectivity index (χ0v) is 17.4. The van der Waals surface area contributed by atoms with E-state index in [0.717, 1.165) is 12.8 Å². The lowest BCUT2D eigenvalue weighted by molar-refractivity contribution is 0.0680. The third-order valence-corrected chi connectivity index (χ3v) is 7.04. The fourth-order valence-electron chi connectivity index (χ4n) is 3.31. The highest BCUT2D eigenvalue weighted by Gasteiger charge is 2.27. The Hall–Kier alpha value is -1.15. The molecule has 0 saturated carbocycles. The highest BCUT2D eigenvalue weighted by molar-refractivity contribution is 7.89. The number of sulfonamides is 1. The van der Waals surface area contributed by atoms with E-state index >= 15 is 0 Å². The molecule has 1 saturated heterocycles. The molecule has 1 aliphatic rings. The van der Waals surface area contributed by atoms with Gasteiger partial charge in [-0.25, -0.2) is 8.42 Å². The quantitative estimate of drug-likeness (QED) is 0.790. The van der Waals surface area contributed by atoms with E-state index in [1.54, 1.807) is 36.9 Å². The fourth-order valence-corrected chi connectivity index (χ4v) is 4.82. The molecule has 0 aromatic heterocycles. The van der Waals surface area contributed by atoms with Crippen molar-refractivity contribution in [1.82, 2.24) is 9.21 Å². The highest BCUT2D eigenvalue weighted by atomic mass is 35.5. The van der Waals surface area contributed by atoms with Crippen LogP contribution in [-0.4, -0.2) is 55.8 Å². The third kappa shape index (κ3) is 4.97. The Balaban J connectivity index is 0.00000338. The van der Waals surface area contributed by atoms with Crippen LogP contribution in [0.2, 0.25) is 0 Å². The SMILES string of the molecule is CCN(CC)S(=O)(=O)c1cccc(C(=O)N2CCC(C(C)N)CC2)c1.Cl. The monoisotopic (exact) mass is 403 g/mol. The molecule has 2 N–H and O–H groups in total. The van der Waals surface area contributed by atoms with Gasteiger partial charge in [-0.2, -0.15) is 4.31 Å². The summed E-state index contributed by atoms with van der Waals surface area (Å²) in [6.45, 7) is 7.75. The van der Waals surface area contributed by atoms with E-state index in [9.17, 15) is 13.2 Å². The van der Waals surface area contributed by atoms with Crippen LogP contribution in [0.25, 0.3) is 0 Å². The van der Waals surface area contributed by atoms with Crippen LogP contribution >= 0.6 is 12.4 Å². The number of likely N-dealkylation sites (tertiary alicyclic amines) is 1. The Kier molecular flexibility index (Phi) is 8.53. The Morgan fingerprint density at radius 1 is 1.27 bits per heavy atom. The molecule has 0 aliphatic carbocycles. The molecule has 1 aliphatic heterocycles. The second-order valence-electron chi connectivity index (χ2n) is 6.61. The van der Waals surface area contributed by atoms with Gasteiger partial charge in [-0.05, 0) is 43.9 Å². The van der Waals surface area contributed by atoms with Crippen LogP contribution in [0.5, 0.6) is 0 Å². The van der Waals surface area contributed by atoms with Crippen LogP contribution in [-0.2, 0) is 10.0 Å². The van der Waals surface area contributed by atoms with E-state index in [4.69, 9.17) is 5.73 Å². The molecule has 0 spiro atoms. The lowest BCUT2D eigenvalue weighted by Crippen LogP contribution is -2.42. The van der Waals surface area contributed by atoms with Gasteiger partial charge in [0.05, 0.1) is 4.90 Å². The molecular weight excluding hydrogens is 374 g/mol. The molecule has 1 unspecified atom stereocenters. The van der Waals surface area contributed by atoms with Crippen LogP contribution < -0.4 is 5.73 Å². The number of carbonyl (C=O) groups is 1. The van der Waals surface area contributed by atoms with Crippen LogP contribution in [0.4, 0.5) is 0 Å². The molecule has 26 heavy (non-hydrogen) atoms. The summed E-state index contributed by atoms with van der Waals surface area (Å²) >= 11 is 0. The van der Waals surface area contributed by atoms with E-state index in [0.29, 0.717) is 37.7 Å². The van der Waals surface area contributed by atoms with Gasteiger partial charge < -0.3 is 10.6 Å². The van der Waals surface area contributed by atoms with E-state index in [1.165, 1.54) is 10.4 Å². The first-order valence-electron chi connectivity index (χ1n) is 8.96. The van der Waals surface area contributed by atoms with Gasteiger partial charge in [-0.1, -0.05) is 19.9 Å². The van der Waals surface area contributed by atoms with Crippen molar-refractivity contribution in [2.75, 3.05) is 26.2 Å². The summed E-state index contributed by atoms with van der Waals surface area (Å²) in [7, 11) is -3.56. The molecule has 0 radical (unpaired) electrons. The number of halogens is 1. The van der Waals surface area contributed by atoms with Crippen molar-refractivity contribution < 1.29 is 13.2 Å². The number of carbonyl (C=O) groups excluding carboxylic acids is 1. The number of hydrogen-bond donors (Lipinski definition) is 1. The molecule has 1 heterocycles. The van der Waals surface area contributed by atoms with Crippen LogP contribution in [0.15, 0.2) is 29.2 Å². The Morgan fingerprint density at radius 2 is 1.85 bits per heavy atom. The second kappa shape index (κ2) is 9.69. The number of benzene rings is 1. The molecule has 1 aromatic carbocycles. The smallest absolute Gasteiger partial charge is 0.253 e. The summed E-state index contributed by atoms with van der Waals surface area (Å²) in [5, 5.41) is 0. The number of hydrogen-bond acceptors (Lipinski definition) is 4. The lowest BCUT2D eigenvalue weighted by Gasteiger charge is -2.33. The molecule has 8 heteroatoms. The molecule has 1 fully saturated rings. The normalized spacial score (nSPS) is 17.0. The van der Waals surface area contributed by atoms with Gasteiger partial charge in [0.1, 0.15) is 0 Å². The predicted octanol–water partition coefficient (Wildman–Crippen LogP) is 2.34. The Morgan fingerprint density at radius 3 is 2.35 bits per heavy atom. The van der Waals surface area contributed by atoms with Crippen molar-refractivity contribution in [3.63, 3.8) is 0 Å². The Bertz CT molecular complexity index is 697. The molecule has 1 atom stereocenters. The largest absolute Gasteiger partial charge is 0.339 e. The number of rotatable bonds is 6. The highest BCUT2D eigenvalue weighted by Crippen LogP contribution is 2.22. The average Bonchev–Trinajstić information content (AvgIpc) is 2.62. The molecule has 1 aromatic rings. The van der Waals surface area contributed by atoms with Crippen molar-refractivity contribution in [3.8, 4) is 0 Å². The Labute approximate surface area is 163 Å². The molecule has 2 rings (SSSR count). The van der Waals surface area contributed by atoms with Crippen molar-refractivity contribution in [2.24, 2.45) is 11.7 Å². The standard InChI is InChI=1S/C18H29N3O3S.ClH/c1-4-21(5-2)25(23,24)17-8-6-7-16(13-17)18(22)20-11-9-15(10-12-20)14(3)19;/h6-8,13-15H,4-5,9-12,19H2,1-3H3;1H. The molecule has 1 amide bonds. The van der Waals surface area contributed by atoms with Crippen molar-refractivity contribution in [1.29, 1.82) is 0 Å². The van der Waals surface area contributed by atoms with Crippen LogP contribution in [0, 0.1) is 5.92 Å². The van der Waals surface area contributed by atoms with Gasteiger partial charge in [0.15, 0.2) is 0 Å². The fraction of sp³-hybridized carbons (Fsp3) is 0.611. The predicted molar refractivity (Wildman–Crippen MR) is 106 cm³/mol. The van der Waals surface area contributed by atoms with E-state index in [-0.39, 0.29) is 29.3 Å². The second-order valence-corrected chi connectivity index (χ2v) is 8.54. The zero-order valence-electron chi connectivity index (χ0n) is 15.7. The van der Waals surface area contributed by atoms with Gasteiger partial charge >= 0.3 is 0 Å². The number of amides is 1. The minimum absolute atomic E-state index is 0. The molecular formula is C18H30ClN3O3S. The van der Waals surface area contributed by atoms with Crippen LogP contribution in [0.3, 0.4) is 0 Å². The molecule has 148 valence electrons.